The van der Waals surface area contributed by atoms with Crippen LogP contribution in [0.2, 0.25) is 5.02 Å². The van der Waals surface area contributed by atoms with Gasteiger partial charge in [0.1, 0.15) is 11.6 Å². The average molecular weight is 211 g/mol. The highest BCUT2D eigenvalue weighted by molar-refractivity contribution is 6.33. The molecule has 0 bridgehead atoms. The number of pyridine rings is 1. The Morgan fingerprint density at radius 1 is 1.36 bits per heavy atom. The van der Waals surface area contributed by atoms with E-state index in [-0.39, 0.29) is 11.6 Å². The maximum absolute atomic E-state index is 13.2. The van der Waals surface area contributed by atoms with Crippen LogP contribution in [-0.2, 0) is 0 Å². The fourth-order valence-electron chi connectivity index (χ4n) is 1.29. The third kappa shape index (κ3) is 1.40. The van der Waals surface area contributed by atoms with E-state index in [1.165, 1.54) is 6.07 Å². The van der Waals surface area contributed by atoms with Crippen LogP contribution in [0.25, 0.3) is 10.9 Å². The molecule has 0 radical (unpaired) electrons. The summed E-state index contributed by atoms with van der Waals surface area (Å²) in [6.45, 7) is 1.68. The number of nitrogens with zero attached hydrogens (tertiary/aromatic N) is 1. The van der Waals surface area contributed by atoms with Crippen molar-refractivity contribution < 1.29 is 4.39 Å². The molecule has 1 heterocycles. The molecule has 0 amide bonds. The Kier molecular flexibility index (Phi) is 2.04. The molecule has 1 aromatic carbocycles. The van der Waals surface area contributed by atoms with Crippen LogP contribution >= 0.6 is 11.6 Å². The van der Waals surface area contributed by atoms with Gasteiger partial charge in [-0.1, -0.05) is 11.6 Å². The predicted molar refractivity (Wildman–Crippen MR) is 55.9 cm³/mol. The number of anilines is 1. The van der Waals surface area contributed by atoms with Crippen LogP contribution in [0.5, 0.6) is 0 Å². The van der Waals surface area contributed by atoms with Gasteiger partial charge in [0, 0.05) is 5.39 Å². The van der Waals surface area contributed by atoms with Gasteiger partial charge in [0.2, 0.25) is 0 Å². The van der Waals surface area contributed by atoms with Crippen molar-refractivity contribution in [2.24, 2.45) is 0 Å². The van der Waals surface area contributed by atoms with Crippen molar-refractivity contribution in [1.82, 2.24) is 4.98 Å². The molecule has 2 rings (SSSR count). The molecule has 0 atom stereocenters. The number of rotatable bonds is 0. The number of aromatic nitrogens is 1. The highest BCUT2D eigenvalue weighted by Crippen LogP contribution is 2.24. The Bertz CT molecular complexity index is 422. The molecule has 0 aliphatic rings. The zero-order chi connectivity index (χ0) is 10.3. The molecular formula is C10H8ClFN2. The molecule has 0 saturated carbocycles. The van der Waals surface area contributed by atoms with Crippen molar-refractivity contribution >= 4 is 28.3 Å². The van der Waals surface area contributed by atoms with Crippen molar-refractivity contribution in [1.29, 1.82) is 0 Å². The van der Waals surface area contributed by atoms with E-state index in [4.69, 9.17) is 17.3 Å². The van der Waals surface area contributed by atoms with Crippen LogP contribution in [0.15, 0.2) is 18.2 Å². The maximum atomic E-state index is 13.2. The first-order valence-electron chi connectivity index (χ1n) is 4.10. The molecule has 0 spiro atoms. The van der Waals surface area contributed by atoms with Crippen molar-refractivity contribution in [3.05, 3.63) is 34.6 Å². The molecule has 2 nitrogen and oxygen atoms in total. The molecule has 2 aromatic rings. The minimum absolute atomic E-state index is 0.264. The van der Waals surface area contributed by atoms with E-state index in [0.717, 1.165) is 0 Å². The Labute approximate surface area is 85.5 Å². The first kappa shape index (κ1) is 9.21. The lowest BCUT2D eigenvalue weighted by atomic mass is 10.1. The first-order valence-corrected chi connectivity index (χ1v) is 4.47. The molecule has 0 fully saturated rings. The first-order chi connectivity index (χ1) is 6.58. The topological polar surface area (TPSA) is 38.9 Å². The predicted octanol–water partition coefficient (Wildman–Crippen LogP) is 2.92. The Balaban J connectivity index is 2.83. The summed E-state index contributed by atoms with van der Waals surface area (Å²) in [6.07, 6.45) is 0. The van der Waals surface area contributed by atoms with Crippen LogP contribution in [0.4, 0.5) is 10.2 Å². The molecule has 1 aromatic heterocycles. The van der Waals surface area contributed by atoms with E-state index in [2.05, 4.69) is 4.98 Å². The second-order valence-corrected chi connectivity index (χ2v) is 3.56. The van der Waals surface area contributed by atoms with E-state index < -0.39 is 0 Å². The van der Waals surface area contributed by atoms with Gasteiger partial charge in [-0.3, -0.25) is 0 Å². The van der Waals surface area contributed by atoms with Gasteiger partial charge in [0.25, 0.3) is 0 Å². The maximum Gasteiger partial charge on any atom is 0.142 e. The molecule has 0 saturated heterocycles. The minimum atomic E-state index is -0.264. The molecule has 14 heavy (non-hydrogen) atoms. The molecule has 4 heteroatoms. The van der Waals surface area contributed by atoms with E-state index in [1.54, 1.807) is 19.1 Å². The molecule has 72 valence electrons. The second kappa shape index (κ2) is 3.10. The lowest BCUT2D eigenvalue weighted by Gasteiger charge is -2.03. The number of hydrogen-bond acceptors (Lipinski definition) is 2. The fourth-order valence-corrected chi connectivity index (χ4v) is 1.45. The summed E-state index contributed by atoms with van der Waals surface area (Å²) in [7, 11) is 0. The van der Waals surface area contributed by atoms with Crippen LogP contribution < -0.4 is 5.73 Å². The molecular weight excluding hydrogens is 203 g/mol. The van der Waals surface area contributed by atoms with Crippen LogP contribution in [0.1, 0.15) is 5.56 Å². The largest absolute Gasteiger partial charge is 0.382 e. The third-order valence-corrected chi connectivity index (χ3v) is 2.38. The Hall–Kier alpha value is -1.35. The van der Waals surface area contributed by atoms with Gasteiger partial charge in [0.05, 0.1) is 10.5 Å². The van der Waals surface area contributed by atoms with E-state index in [9.17, 15) is 4.39 Å². The molecule has 2 N–H and O–H groups in total. The van der Waals surface area contributed by atoms with Crippen molar-refractivity contribution in [3.8, 4) is 0 Å². The van der Waals surface area contributed by atoms with Crippen LogP contribution in [-0.4, -0.2) is 4.98 Å². The quantitative estimate of drug-likeness (QED) is 0.726. The molecule has 0 aliphatic heterocycles. The lowest BCUT2D eigenvalue weighted by molar-refractivity contribution is 0.620. The minimum Gasteiger partial charge on any atom is -0.382 e. The third-order valence-electron chi connectivity index (χ3n) is 2.08. The number of nitrogens with two attached hydrogens (primary N) is 1. The SMILES string of the molecule is Cc1cc2nc(N)c(Cl)cc2cc1F. The van der Waals surface area contributed by atoms with Crippen molar-refractivity contribution in [2.75, 3.05) is 5.73 Å². The lowest BCUT2D eigenvalue weighted by Crippen LogP contribution is -1.93. The normalized spacial score (nSPS) is 10.8. The number of hydrogen-bond donors (Lipinski definition) is 1. The number of fused-ring (bicyclic) bond motifs is 1. The number of benzene rings is 1. The van der Waals surface area contributed by atoms with Gasteiger partial charge in [-0.05, 0) is 30.7 Å². The van der Waals surface area contributed by atoms with Gasteiger partial charge in [-0.25, -0.2) is 9.37 Å². The van der Waals surface area contributed by atoms with Crippen LogP contribution in [0, 0.1) is 12.7 Å². The molecule has 0 unspecified atom stereocenters. The average Bonchev–Trinajstić information content (AvgIpc) is 2.11. The number of nitrogen functional groups attached to an aromatic ring is 1. The van der Waals surface area contributed by atoms with Crippen LogP contribution in [0.3, 0.4) is 0 Å². The summed E-state index contributed by atoms with van der Waals surface area (Å²) in [5.74, 6) is 0.00492. The number of aryl methyl sites for hydroxylation is 1. The number of halogens is 2. The van der Waals surface area contributed by atoms with Gasteiger partial charge < -0.3 is 5.73 Å². The van der Waals surface area contributed by atoms with Gasteiger partial charge in [-0.15, -0.1) is 0 Å². The monoisotopic (exact) mass is 210 g/mol. The highest BCUT2D eigenvalue weighted by Gasteiger charge is 2.05. The van der Waals surface area contributed by atoms with E-state index >= 15 is 0 Å². The highest BCUT2D eigenvalue weighted by atomic mass is 35.5. The zero-order valence-electron chi connectivity index (χ0n) is 7.51. The summed E-state index contributed by atoms with van der Waals surface area (Å²) >= 11 is 5.77. The summed E-state index contributed by atoms with van der Waals surface area (Å²) in [5.41, 5.74) is 6.74. The fraction of sp³-hybridized carbons (Fsp3) is 0.100. The smallest absolute Gasteiger partial charge is 0.142 e. The van der Waals surface area contributed by atoms with E-state index in [1.807, 2.05) is 0 Å². The summed E-state index contributed by atoms with van der Waals surface area (Å²) in [4.78, 5) is 4.06. The summed E-state index contributed by atoms with van der Waals surface area (Å²) in [6, 6.07) is 4.67. The van der Waals surface area contributed by atoms with Gasteiger partial charge >= 0.3 is 0 Å². The standard InChI is InChI=1S/C10H8ClFN2/c1-5-2-9-6(4-8(5)12)3-7(11)10(13)14-9/h2-4H,1H3,(H2,13,14). The van der Waals surface area contributed by atoms with Crippen molar-refractivity contribution in [2.45, 2.75) is 6.92 Å². The summed E-state index contributed by atoms with van der Waals surface area (Å²) in [5, 5.41) is 1.01. The Morgan fingerprint density at radius 2 is 2.07 bits per heavy atom. The van der Waals surface area contributed by atoms with Gasteiger partial charge in [0.15, 0.2) is 0 Å². The molecule has 0 aliphatic carbocycles. The second-order valence-electron chi connectivity index (χ2n) is 3.15. The van der Waals surface area contributed by atoms with Crippen molar-refractivity contribution in [3.63, 3.8) is 0 Å². The van der Waals surface area contributed by atoms with E-state index in [0.29, 0.717) is 21.5 Å². The Morgan fingerprint density at radius 3 is 2.79 bits per heavy atom. The van der Waals surface area contributed by atoms with Gasteiger partial charge in [-0.2, -0.15) is 0 Å². The summed E-state index contributed by atoms with van der Waals surface area (Å²) < 4.78 is 13.2. The zero-order valence-corrected chi connectivity index (χ0v) is 8.27.